The Bertz CT molecular complexity index is 1420. The predicted octanol–water partition coefficient (Wildman–Crippen LogP) is 2.20. The highest BCUT2D eigenvalue weighted by Crippen LogP contribution is 2.25. The lowest BCUT2D eigenvalue weighted by atomic mass is 9.97. The van der Waals surface area contributed by atoms with Gasteiger partial charge in [0.2, 0.25) is 0 Å². The highest BCUT2D eigenvalue weighted by atomic mass is 16.3. The van der Waals surface area contributed by atoms with E-state index >= 15 is 0 Å². The first-order valence-corrected chi connectivity index (χ1v) is 8.99. The van der Waals surface area contributed by atoms with Crippen LogP contribution in [-0.4, -0.2) is 27.9 Å². The number of rotatable bonds is 3. The zero-order valence-electron chi connectivity index (χ0n) is 15.2. The lowest BCUT2D eigenvalue weighted by molar-refractivity contribution is 0.457. The maximum absolute atomic E-state index is 10.3. The zero-order chi connectivity index (χ0) is 19.8. The molecular weight excluding hydrogens is 361 g/mol. The van der Waals surface area contributed by atoms with Gasteiger partial charge < -0.3 is 10.1 Å². The molecule has 6 nitrogen and oxygen atoms in total. The number of hydrogen-bond donors (Lipinski definition) is 2. The van der Waals surface area contributed by atoms with Crippen LogP contribution in [0.1, 0.15) is 11.1 Å². The van der Waals surface area contributed by atoms with Crippen LogP contribution in [0.3, 0.4) is 0 Å². The molecule has 1 aromatic carbocycles. The van der Waals surface area contributed by atoms with E-state index < -0.39 is 0 Å². The van der Waals surface area contributed by atoms with Gasteiger partial charge in [-0.1, -0.05) is 29.7 Å². The first-order chi connectivity index (χ1) is 14.2. The van der Waals surface area contributed by atoms with Crippen LogP contribution >= 0.6 is 0 Å². The fourth-order valence-electron chi connectivity index (χ4n) is 3.28. The van der Waals surface area contributed by atoms with Crippen LogP contribution in [0.2, 0.25) is 0 Å². The van der Waals surface area contributed by atoms with Gasteiger partial charge in [-0.05, 0) is 41.1 Å². The van der Waals surface area contributed by atoms with E-state index in [1.807, 2.05) is 48.6 Å². The molecule has 0 saturated heterocycles. The van der Waals surface area contributed by atoms with E-state index in [4.69, 9.17) is 7.85 Å². The van der Waals surface area contributed by atoms with Gasteiger partial charge in [-0.25, -0.2) is 4.98 Å². The number of aromatic hydroxyl groups is 1. The predicted molar refractivity (Wildman–Crippen MR) is 114 cm³/mol. The average Bonchev–Trinajstić information content (AvgIpc) is 3.28. The Labute approximate surface area is 167 Å². The van der Waals surface area contributed by atoms with Gasteiger partial charge in [-0.3, -0.25) is 4.98 Å². The Morgan fingerprint density at radius 3 is 2.83 bits per heavy atom. The summed E-state index contributed by atoms with van der Waals surface area (Å²) in [6, 6.07) is 11.5. The summed E-state index contributed by atoms with van der Waals surface area (Å²) < 4.78 is 0. The van der Waals surface area contributed by atoms with Gasteiger partial charge in [0.1, 0.15) is 13.5 Å². The molecule has 0 amide bonds. The lowest BCUT2D eigenvalue weighted by Gasteiger charge is -1.96. The number of hydrogen-bond acceptors (Lipinski definition) is 5. The van der Waals surface area contributed by atoms with Gasteiger partial charge in [-0.2, -0.15) is 0 Å². The molecule has 0 fully saturated rings. The van der Waals surface area contributed by atoms with Gasteiger partial charge >= 0.3 is 0 Å². The Hall–Kier alpha value is -4.00. The Kier molecular flexibility index (Phi) is 4.06. The van der Waals surface area contributed by atoms with Crippen LogP contribution < -0.4 is 15.9 Å². The van der Waals surface area contributed by atoms with Crippen molar-refractivity contribution in [1.29, 1.82) is 0 Å². The largest absolute Gasteiger partial charge is 0.494 e. The molecule has 3 aromatic heterocycles. The number of fused-ring (bicyclic) bond motifs is 2. The SMILES string of the molecule is [B]c1cnc2[nH]c(O)c(C=c3ccc4c(c3)N=NC=4/C=C/c3cccnc3)c2c1. The molecular formula is C22H14BN5O. The zero-order valence-corrected chi connectivity index (χ0v) is 15.2. The van der Waals surface area contributed by atoms with Crippen molar-refractivity contribution in [2.75, 3.05) is 0 Å². The van der Waals surface area contributed by atoms with Crippen LogP contribution in [0.5, 0.6) is 5.88 Å². The Morgan fingerprint density at radius 1 is 1.03 bits per heavy atom. The molecule has 0 spiro atoms. The highest BCUT2D eigenvalue weighted by molar-refractivity contribution is 6.33. The number of pyridine rings is 2. The molecule has 0 saturated carbocycles. The second-order valence-electron chi connectivity index (χ2n) is 6.68. The number of nitrogens with one attached hydrogen (secondary N) is 1. The number of aromatic nitrogens is 3. The fourth-order valence-corrected chi connectivity index (χ4v) is 3.28. The standard InChI is InChI=1S/C22H14BN5O/c23-15-10-17-18(22(29)26-21(17)25-12-15)8-14-3-5-16-19(27-28-20(16)9-14)6-4-13-2-1-7-24-11-13/h1-12,29H,(H,25,26)/b6-4+,14-8?. The van der Waals surface area contributed by atoms with Gasteiger partial charge in [0.25, 0.3) is 0 Å². The monoisotopic (exact) mass is 375 g/mol. The molecule has 4 aromatic rings. The first-order valence-electron chi connectivity index (χ1n) is 8.99. The summed E-state index contributed by atoms with van der Waals surface area (Å²) in [7, 11) is 5.84. The van der Waals surface area contributed by atoms with Gasteiger partial charge in [0.15, 0.2) is 5.88 Å². The third-order valence-electron chi connectivity index (χ3n) is 4.68. The number of aromatic amines is 1. The summed E-state index contributed by atoms with van der Waals surface area (Å²) in [5, 5.41) is 21.4. The minimum atomic E-state index is 0.0480. The van der Waals surface area contributed by atoms with E-state index in [9.17, 15) is 5.11 Å². The van der Waals surface area contributed by atoms with Crippen LogP contribution in [-0.2, 0) is 0 Å². The van der Waals surface area contributed by atoms with Crippen molar-refractivity contribution >= 4 is 47.9 Å². The second kappa shape index (κ2) is 6.87. The minimum absolute atomic E-state index is 0.0480. The molecule has 4 heterocycles. The van der Waals surface area contributed by atoms with Crippen LogP contribution in [0.4, 0.5) is 5.69 Å². The number of benzene rings is 1. The maximum atomic E-state index is 10.3. The van der Waals surface area contributed by atoms with Crippen molar-refractivity contribution in [3.63, 3.8) is 0 Å². The number of azo groups is 1. The topological polar surface area (TPSA) is 86.5 Å². The Morgan fingerprint density at radius 2 is 1.97 bits per heavy atom. The molecule has 136 valence electrons. The molecule has 0 atom stereocenters. The van der Waals surface area contributed by atoms with E-state index in [-0.39, 0.29) is 5.88 Å². The molecule has 29 heavy (non-hydrogen) atoms. The maximum Gasteiger partial charge on any atom is 0.198 e. The van der Waals surface area contributed by atoms with Crippen molar-refractivity contribution in [2.45, 2.75) is 0 Å². The van der Waals surface area contributed by atoms with Crippen LogP contribution in [0.25, 0.3) is 28.9 Å². The Balaban J connectivity index is 1.57. The summed E-state index contributed by atoms with van der Waals surface area (Å²) in [6.45, 7) is 0. The summed E-state index contributed by atoms with van der Waals surface area (Å²) in [6.07, 6.45) is 10.8. The van der Waals surface area contributed by atoms with E-state index in [1.165, 1.54) is 0 Å². The van der Waals surface area contributed by atoms with Crippen molar-refractivity contribution in [3.05, 3.63) is 82.6 Å². The van der Waals surface area contributed by atoms with E-state index in [1.54, 1.807) is 24.7 Å². The third kappa shape index (κ3) is 3.23. The molecule has 1 aliphatic heterocycles. The molecule has 2 N–H and O–H groups in total. The number of nitrogens with zero attached hydrogens (tertiary/aromatic N) is 4. The summed E-state index contributed by atoms with van der Waals surface area (Å²) in [5.41, 5.74) is 4.32. The molecule has 7 heteroatoms. The highest BCUT2D eigenvalue weighted by Gasteiger charge is 2.10. The first kappa shape index (κ1) is 17.1. The molecule has 5 rings (SSSR count). The molecule has 2 radical (unpaired) electrons. The number of H-pyrrole nitrogens is 1. The second-order valence-corrected chi connectivity index (χ2v) is 6.68. The average molecular weight is 375 g/mol. The van der Waals surface area contributed by atoms with Crippen LogP contribution in [0.15, 0.2) is 71.3 Å². The normalized spacial score (nSPS) is 13.7. The molecule has 1 aliphatic rings. The smallest absolute Gasteiger partial charge is 0.198 e. The molecule has 0 unspecified atom stereocenters. The lowest BCUT2D eigenvalue weighted by Crippen LogP contribution is -2.08. The summed E-state index contributed by atoms with van der Waals surface area (Å²) >= 11 is 0. The molecule has 0 aliphatic carbocycles. The fraction of sp³-hybridized carbons (Fsp3) is 0. The van der Waals surface area contributed by atoms with Crippen molar-refractivity contribution < 1.29 is 5.11 Å². The molecule has 0 bridgehead atoms. The van der Waals surface area contributed by atoms with Gasteiger partial charge in [0, 0.05) is 34.8 Å². The van der Waals surface area contributed by atoms with Gasteiger partial charge in [-0.15, -0.1) is 10.2 Å². The summed E-state index contributed by atoms with van der Waals surface area (Å²) in [4.78, 5) is 11.2. The van der Waals surface area contributed by atoms with E-state index in [0.717, 1.165) is 32.8 Å². The third-order valence-corrected chi connectivity index (χ3v) is 4.68. The van der Waals surface area contributed by atoms with E-state index in [2.05, 4.69) is 25.2 Å². The van der Waals surface area contributed by atoms with E-state index in [0.29, 0.717) is 16.7 Å². The summed E-state index contributed by atoms with van der Waals surface area (Å²) in [5.74, 6) is 0.0480. The van der Waals surface area contributed by atoms with Crippen molar-refractivity contribution in [1.82, 2.24) is 15.0 Å². The van der Waals surface area contributed by atoms with Crippen molar-refractivity contribution in [3.8, 4) is 5.88 Å². The van der Waals surface area contributed by atoms with Crippen molar-refractivity contribution in [2.24, 2.45) is 10.2 Å². The quantitative estimate of drug-likeness (QED) is 0.539. The minimum Gasteiger partial charge on any atom is -0.494 e. The van der Waals surface area contributed by atoms with Gasteiger partial charge in [0.05, 0.1) is 11.4 Å². The van der Waals surface area contributed by atoms with Crippen LogP contribution in [0, 0.1) is 0 Å².